The fourth-order valence-electron chi connectivity index (χ4n) is 0.760. The van der Waals surface area contributed by atoms with Crippen molar-refractivity contribution in [2.75, 3.05) is 31.3 Å². The van der Waals surface area contributed by atoms with Crippen molar-refractivity contribution in [1.29, 1.82) is 0 Å². The Bertz CT molecular complexity index is 84.4. The van der Waals surface area contributed by atoms with Gasteiger partial charge >= 0.3 is 0 Å². The van der Waals surface area contributed by atoms with Gasteiger partial charge in [0.15, 0.2) is 6.29 Å². The molecule has 0 bridgehead atoms. The van der Waals surface area contributed by atoms with Gasteiger partial charge in [-0.15, -0.1) is 0 Å². The molecule has 0 aromatic heterocycles. The normalized spacial score (nSPS) is 11.0. The lowest BCUT2D eigenvalue weighted by atomic mass is 10.7. The highest BCUT2D eigenvalue weighted by atomic mass is 32.2. The zero-order chi connectivity index (χ0) is 9.23. The molecule has 0 aliphatic rings. The Hall–Kier alpha value is 0.230. The average Bonchev–Trinajstić information content (AvgIpc) is 2.06. The van der Waals surface area contributed by atoms with E-state index in [4.69, 9.17) is 14.6 Å². The van der Waals surface area contributed by atoms with E-state index in [2.05, 4.69) is 0 Å². The smallest absolute Gasteiger partial charge is 0.166 e. The van der Waals surface area contributed by atoms with Gasteiger partial charge in [-0.2, -0.15) is 11.8 Å². The summed E-state index contributed by atoms with van der Waals surface area (Å²) in [5.41, 5.74) is 0. The lowest BCUT2D eigenvalue weighted by Crippen LogP contribution is -2.20. The number of hydrogen-bond acceptors (Lipinski definition) is 4. The molecule has 0 spiro atoms. The molecule has 0 radical (unpaired) electrons. The summed E-state index contributed by atoms with van der Waals surface area (Å²) < 4.78 is 10.6. The monoisotopic (exact) mass is 194 g/mol. The number of thioether (sulfide) groups is 1. The molecule has 0 heterocycles. The lowest BCUT2D eigenvalue weighted by Gasteiger charge is -2.15. The van der Waals surface area contributed by atoms with Crippen LogP contribution in [-0.4, -0.2) is 42.7 Å². The number of hydrogen-bond donors (Lipinski definition) is 1. The molecule has 0 aromatic rings. The molecule has 4 heteroatoms. The average molecular weight is 194 g/mol. The molecular formula is C8H18O3S. The van der Waals surface area contributed by atoms with E-state index in [0.717, 1.165) is 11.5 Å². The van der Waals surface area contributed by atoms with Gasteiger partial charge in [0.1, 0.15) is 0 Å². The third-order valence-electron chi connectivity index (χ3n) is 1.19. The van der Waals surface area contributed by atoms with E-state index < -0.39 is 0 Å². The second kappa shape index (κ2) is 9.32. The molecular weight excluding hydrogens is 176 g/mol. The van der Waals surface area contributed by atoms with Crippen LogP contribution in [0.5, 0.6) is 0 Å². The molecule has 0 saturated heterocycles. The molecule has 0 saturated carbocycles. The van der Waals surface area contributed by atoms with Gasteiger partial charge in [-0.25, -0.2) is 0 Å². The SMILES string of the molecule is CCOC(CSCCO)OCC. The van der Waals surface area contributed by atoms with Crippen LogP contribution in [-0.2, 0) is 9.47 Å². The van der Waals surface area contributed by atoms with Crippen molar-refractivity contribution in [2.24, 2.45) is 0 Å². The first kappa shape index (κ1) is 12.2. The van der Waals surface area contributed by atoms with E-state index in [-0.39, 0.29) is 12.9 Å². The first-order valence-corrected chi connectivity index (χ1v) is 5.42. The molecule has 0 fully saturated rings. The molecule has 0 aliphatic heterocycles. The van der Waals surface area contributed by atoms with Crippen LogP contribution in [0.25, 0.3) is 0 Å². The van der Waals surface area contributed by atoms with Gasteiger partial charge in [0.2, 0.25) is 0 Å². The summed E-state index contributed by atoms with van der Waals surface area (Å²) in [5.74, 6) is 1.54. The van der Waals surface area contributed by atoms with Crippen LogP contribution < -0.4 is 0 Å². The summed E-state index contributed by atoms with van der Waals surface area (Å²) in [5, 5.41) is 8.54. The Morgan fingerprint density at radius 2 is 1.83 bits per heavy atom. The maximum atomic E-state index is 8.54. The molecule has 0 aromatic carbocycles. The van der Waals surface area contributed by atoms with E-state index in [9.17, 15) is 0 Å². The Morgan fingerprint density at radius 3 is 2.25 bits per heavy atom. The van der Waals surface area contributed by atoms with Gasteiger partial charge < -0.3 is 14.6 Å². The number of aliphatic hydroxyl groups excluding tert-OH is 1. The van der Waals surface area contributed by atoms with Crippen LogP contribution in [0.3, 0.4) is 0 Å². The molecule has 0 amide bonds. The minimum Gasteiger partial charge on any atom is -0.396 e. The predicted molar refractivity (Wildman–Crippen MR) is 51.5 cm³/mol. The van der Waals surface area contributed by atoms with Crippen molar-refractivity contribution in [1.82, 2.24) is 0 Å². The predicted octanol–water partition coefficient (Wildman–Crippen LogP) is 1.11. The maximum Gasteiger partial charge on any atom is 0.166 e. The summed E-state index contributed by atoms with van der Waals surface area (Å²) in [7, 11) is 0. The van der Waals surface area contributed by atoms with Gasteiger partial charge in [0.25, 0.3) is 0 Å². The first-order valence-electron chi connectivity index (χ1n) is 4.26. The van der Waals surface area contributed by atoms with Crippen molar-refractivity contribution >= 4 is 11.8 Å². The third kappa shape index (κ3) is 6.91. The van der Waals surface area contributed by atoms with E-state index in [0.29, 0.717) is 13.2 Å². The quantitative estimate of drug-likeness (QED) is 0.464. The Morgan fingerprint density at radius 1 is 1.25 bits per heavy atom. The maximum absolute atomic E-state index is 8.54. The minimum absolute atomic E-state index is 0.114. The van der Waals surface area contributed by atoms with Gasteiger partial charge in [-0.05, 0) is 13.8 Å². The largest absolute Gasteiger partial charge is 0.396 e. The number of ether oxygens (including phenoxy) is 2. The molecule has 0 atom stereocenters. The highest BCUT2D eigenvalue weighted by molar-refractivity contribution is 7.99. The fourth-order valence-corrected chi connectivity index (χ4v) is 1.44. The zero-order valence-electron chi connectivity index (χ0n) is 7.78. The fraction of sp³-hybridized carbons (Fsp3) is 1.00. The van der Waals surface area contributed by atoms with Crippen molar-refractivity contribution in [3.63, 3.8) is 0 Å². The highest BCUT2D eigenvalue weighted by Crippen LogP contribution is 2.06. The summed E-state index contributed by atoms with van der Waals surface area (Å²) >= 11 is 1.64. The number of rotatable bonds is 8. The summed E-state index contributed by atoms with van der Waals surface area (Å²) in [6.07, 6.45) is -0.114. The van der Waals surface area contributed by atoms with E-state index >= 15 is 0 Å². The van der Waals surface area contributed by atoms with E-state index in [1.807, 2.05) is 13.8 Å². The Balaban J connectivity index is 3.34. The van der Waals surface area contributed by atoms with E-state index in [1.54, 1.807) is 11.8 Å². The molecule has 74 valence electrons. The Labute approximate surface area is 78.4 Å². The van der Waals surface area contributed by atoms with E-state index in [1.165, 1.54) is 0 Å². The van der Waals surface area contributed by atoms with Gasteiger partial charge in [-0.1, -0.05) is 0 Å². The van der Waals surface area contributed by atoms with Crippen molar-refractivity contribution in [2.45, 2.75) is 20.1 Å². The Kier molecular flexibility index (Phi) is 9.50. The third-order valence-corrected chi connectivity index (χ3v) is 2.17. The topological polar surface area (TPSA) is 38.7 Å². The van der Waals surface area contributed by atoms with Crippen LogP contribution in [0.2, 0.25) is 0 Å². The number of aliphatic hydroxyl groups is 1. The van der Waals surface area contributed by atoms with Gasteiger partial charge in [0.05, 0.1) is 6.61 Å². The van der Waals surface area contributed by atoms with Crippen LogP contribution in [0, 0.1) is 0 Å². The lowest BCUT2D eigenvalue weighted by molar-refractivity contribution is -0.120. The van der Waals surface area contributed by atoms with Crippen molar-refractivity contribution in [3.05, 3.63) is 0 Å². The van der Waals surface area contributed by atoms with Crippen molar-refractivity contribution in [3.8, 4) is 0 Å². The summed E-state index contributed by atoms with van der Waals surface area (Å²) in [4.78, 5) is 0. The molecule has 0 aliphatic carbocycles. The molecule has 0 rings (SSSR count). The first-order chi connectivity index (χ1) is 5.85. The summed E-state index contributed by atoms with van der Waals surface area (Å²) in [6.45, 7) is 5.45. The van der Waals surface area contributed by atoms with Crippen LogP contribution in [0.15, 0.2) is 0 Å². The molecule has 12 heavy (non-hydrogen) atoms. The highest BCUT2D eigenvalue weighted by Gasteiger charge is 2.06. The van der Waals surface area contributed by atoms with Crippen LogP contribution in [0.4, 0.5) is 0 Å². The second-order valence-corrected chi connectivity index (χ2v) is 3.29. The standard InChI is InChI=1S/C8H18O3S/c1-3-10-8(11-4-2)7-12-6-5-9/h8-9H,3-7H2,1-2H3. The van der Waals surface area contributed by atoms with Gasteiger partial charge in [-0.3, -0.25) is 0 Å². The summed E-state index contributed by atoms with van der Waals surface area (Å²) in [6, 6.07) is 0. The van der Waals surface area contributed by atoms with Crippen molar-refractivity contribution < 1.29 is 14.6 Å². The van der Waals surface area contributed by atoms with Crippen LogP contribution >= 0.6 is 11.8 Å². The van der Waals surface area contributed by atoms with Crippen LogP contribution in [0.1, 0.15) is 13.8 Å². The minimum atomic E-state index is -0.114. The van der Waals surface area contributed by atoms with Gasteiger partial charge in [0, 0.05) is 24.7 Å². The zero-order valence-corrected chi connectivity index (χ0v) is 8.60. The molecule has 0 unspecified atom stereocenters. The second-order valence-electron chi connectivity index (χ2n) is 2.14. The molecule has 3 nitrogen and oxygen atoms in total. The molecule has 1 N–H and O–H groups in total.